The Morgan fingerprint density at radius 2 is 2.21 bits per heavy atom. The molecule has 2 aromatic rings. The fraction of sp³-hybridized carbons (Fsp3) is 0.357. The summed E-state index contributed by atoms with van der Waals surface area (Å²) < 4.78 is 0. The number of nitrogens with zero attached hydrogens (tertiary/aromatic N) is 1. The highest BCUT2D eigenvalue weighted by molar-refractivity contribution is 6.07. The summed E-state index contributed by atoms with van der Waals surface area (Å²) in [6, 6.07) is 5.60. The summed E-state index contributed by atoms with van der Waals surface area (Å²) >= 11 is 0. The van der Waals surface area contributed by atoms with Gasteiger partial charge in [0.1, 0.15) is 0 Å². The minimum absolute atomic E-state index is 0.0645. The molecule has 2 rings (SSSR count). The van der Waals surface area contributed by atoms with Gasteiger partial charge in [-0.25, -0.2) is 0 Å². The third-order valence-corrected chi connectivity index (χ3v) is 2.97. The Bertz CT molecular complexity index is 588. The number of benzene rings is 1. The molecule has 0 radical (unpaired) electrons. The summed E-state index contributed by atoms with van der Waals surface area (Å²) in [4.78, 5) is 17.3. The van der Waals surface area contributed by atoms with Gasteiger partial charge in [0.15, 0.2) is 0 Å². The predicted octanol–water partition coefficient (Wildman–Crippen LogP) is 1.43. The minimum Gasteiger partial charge on any atom is -0.399 e. The SMILES string of the molecule is CC(CN(C)C)NC(=O)c1c[nH]c2cc(N)ccc12. The Labute approximate surface area is 112 Å². The van der Waals surface area contributed by atoms with Gasteiger partial charge in [-0.05, 0) is 39.2 Å². The van der Waals surface area contributed by atoms with Gasteiger partial charge in [0.25, 0.3) is 5.91 Å². The lowest BCUT2D eigenvalue weighted by Crippen LogP contribution is -2.39. The molecule has 0 bridgehead atoms. The van der Waals surface area contributed by atoms with E-state index in [1.165, 1.54) is 0 Å². The van der Waals surface area contributed by atoms with Gasteiger partial charge in [0.2, 0.25) is 0 Å². The van der Waals surface area contributed by atoms with E-state index in [-0.39, 0.29) is 11.9 Å². The van der Waals surface area contributed by atoms with Gasteiger partial charge < -0.3 is 20.9 Å². The lowest BCUT2D eigenvalue weighted by molar-refractivity contribution is 0.0936. The fourth-order valence-corrected chi connectivity index (χ4v) is 2.23. The molecule has 1 aromatic heterocycles. The molecule has 0 saturated heterocycles. The van der Waals surface area contributed by atoms with E-state index >= 15 is 0 Å². The third-order valence-electron chi connectivity index (χ3n) is 2.97. The number of carbonyl (C=O) groups excluding carboxylic acids is 1. The summed E-state index contributed by atoms with van der Waals surface area (Å²) in [7, 11) is 3.97. The molecular weight excluding hydrogens is 240 g/mol. The normalized spacial score (nSPS) is 12.8. The molecule has 4 N–H and O–H groups in total. The van der Waals surface area contributed by atoms with E-state index < -0.39 is 0 Å². The molecule has 0 spiro atoms. The van der Waals surface area contributed by atoms with Crippen molar-refractivity contribution < 1.29 is 4.79 Å². The molecule has 0 aliphatic carbocycles. The molecule has 0 aliphatic heterocycles. The van der Waals surface area contributed by atoms with Crippen molar-refractivity contribution in [2.45, 2.75) is 13.0 Å². The monoisotopic (exact) mass is 260 g/mol. The highest BCUT2D eigenvalue weighted by Gasteiger charge is 2.14. The van der Waals surface area contributed by atoms with Crippen LogP contribution in [0.5, 0.6) is 0 Å². The van der Waals surface area contributed by atoms with E-state index in [1.54, 1.807) is 12.3 Å². The Morgan fingerprint density at radius 1 is 1.47 bits per heavy atom. The molecule has 1 unspecified atom stereocenters. The number of nitrogens with one attached hydrogen (secondary N) is 2. The van der Waals surface area contributed by atoms with Gasteiger partial charge in [-0.3, -0.25) is 4.79 Å². The summed E-state index contributed by atoms with van der Waals surface area (Å²) in [5.74, 6) is -0.0645. The number of aromatic nitrogens is 1. The number of likely N-dealkylation sites (N-methyl/N-ethyl adjacent to an activating group) is 1. The Morgan fingerprint density at radius 3 is 2.89 bits per heavy atom. The molecule has 1 amide bonds. The van der Waals surface area contributed by atoms with Gasteiger partial charge in [-0.1, -0.05) is 0 Å². The third kappa shape index (κ3) is 3.06. The maximum atomic E-state index is 12.2. The second kappa shape index (κ2) is 5.32. The zero-order valence-electron chi connectivity index (χ0n) is 11.5. The summed E-state index contributed by atoms with van der Waals surface area (Å²) in [5, 5.41) is 3.88. The van der Waals surface area contributed by atoms with E-state index in [0.717, 1.165) is 17.4 Å². The lowest BCUT2D eigenvalue weighted by Gasteiger charge is -2.18. The van der Waals surface area contributed by atoms with E-state index in [1.807, 2.05) is 38.1 Å². The van der Waals surface area contributed by atoms with E-state index in [0.29, 0.717) is 11.3 Å². The van der Waals surface area contributed by atoms with Crippen molar-refractivity contribution in [1.29, 1.82) is 0 Å². The van der Waals surface area contributed by atoms with Crippen LogP contribution in [0.3, 0.4) is 0 Å². The number of rotatable bonds is 4. The quantitative estimate of drug-likeness (QED) is 0.728. The Kier molecular flexibility index (Phi) is 3.76. The average molecular weight is 260 g/mol. The minimum atomic E-state index is -0.0645. The van der Waals surface area contributed by atoms with Crippen LogP contribution in [-0.4, -0.2) is 42.5 Å². The number of hydrogen-bond acceptors (Lipinski definition) is 3. The molecule has 1 heterocycles. The van der Waals surface area contributed by atoms with Crippen molar-refractivity contribution in [3.05, 3.63) is 30.0 Å². The molecule has 19 heavy (non-hydrogen) atoms. The molecule has 0 fully saturated rings. The van der Waals surface area contributed by atoms with Gasteiger partial charge in [-0.2, -0.15) is 0 Å². The van der Waals surface area contributed by atoms with Crippen LogP contribution in [0.2, 0.25) is 0 Å². The molecule has 0 saturated carbocycles. The summed E-state index contributed by atoms with van der Waals surface area (Å²) in [6.45, 7) is 2.80. The fourth-order valence-electron chi connectivity index (χ4n) is 2.23. The number of anilines is 1. The second-order valence-electron chi connectivity index (χ2n) is 5.14. The number of carbonyl (C=O) groups is 1. The highest BCUT2D eigenvalue weighted by Crippen LogP contribution is 2.20. The smallest absolute Gasteiger partial charge is 0.253 e. The largest absolute Gasteiger partial charge is 0.399 e. The first-order valence-electron chi connectivity index (χ1n) is 6.29. The Hall–Kier alpha value is -2.01. The van der Waals surface area contributed by atoms with Crippen LogP contribution < -0.4 is 11.1 Å². The maximum absolute atomic E-state index is 12.2. The van der Waals surface area contributed by atoms with E-state index in [4.69, 9.17) is 5.73 Å². The van der Waals surface area contributed by atoms with Crippen molar-refractivity contribution in [1.82, 2.24) is 15.2 Å². The van der Waals surface area contributed by atoms with Crippen LogP contribution in [0.1, 0.15) is 17.3 Å². The van der Waals surface area contributed by atoms with Crippen LogP contribution in [-0.2, 0) is 0 Å². The second-order valence-corrected chi connectivity index (χ2v) is 5.14. The van der Waals surface area contributed by atoms with Gasteiger partial charge >= 0.3 is 0 Å². The van der Waals surface area contributed by atoms with Gasteiger partial charge in [0.05, 0.1) is 5.56 Å². The Balaban J connectivity index is 2.18. The molecule has 5 heteroatoms. The van der Waals surface area contributed by atoms with Crippen molar-refractivity contribution in [3.63, 3.8) is 0 Å². The van der Waals surface area contributed by atoms with Crippen molar-refractivity contribution in [2.75, 3.05) is 26.4 Å². The van der Waals surface area contributed by atoms with Crippen molar-refractivity contribution >= 4 is 22.5 Å². The molecule has 1 aromatic carbocycles. The highest BCUT2D eigenvalue weighted by atomic mass is 16.1. The average Bonchev–Trinajstić information content (AvgIpc) is 2.70. The first kappa shape index (κ1) is 13.4. The molecule has 1 atom stereocenters. The van der Waals surface area contributed by atoms with Crippen LogP contribution in [0.25, 0.3) is 10.9 Å². The zero-order valence-corrected chi connectivity index (χ0v) is 11.5. The summed E-state index contributed by atoms with van der Waals surface area (Å²) in [6.07, 6.45) is 1.72. The van der Waals surface area contributed by atoms with Crippen LogP contribution in [0.15, 0.2) is 24.4 Å². The van der Waals surface area contributed by atoms with Crippen LogP contribution in [0, 0.1) is 0 Å². The number of amides is 1. The van der Waals surface area contributed by atoms with Gasteiger partial charge in [-0.15, -0.1) is 0 Å². The van der Waals surface area contributed by atoms with Gasteiger partial charge in [0, 0.05) is 35.4 Å². The molecule has 5 nitrogen and oxygen atoms in total. The first-order chi connectivity index (χ1) is 8.97. The number of aromatic amines is 1. The van der Waals surface area contributed by atoms with Crippen LogP contribution in [0.4, 0.5) is 5.69 Å². The zero-order chi connectivity index (χ0) is 14.0. The van der Waals surface area contributed by atoms with E-state index in [9.17, 15) is 4.79 Å². The number of hydrogen-bond donors (Lipinski definition) is 3. The molecule has 102 valence electrons. The van der Waals surface area contributed by atoms with Crippen LogP contribution >= 0.6 is 0 Å². The van der Waals surface area contributed by atoms with Crippen molar-refractivity contribution in [2.24, 2.45) is 0 Å². The number of H-pyrrole nitrogens is 1. The topological polar surface area (TPSA) is 74.2 Å². The lowest BCUT2D eigenvalue weighted by atomic mass is 10.1. The number of fused-ring (bicyclic) bond motifs is 1. The predicted molar refractivity (Wildman–Crippen MR) is 78.2 cm³/mol. The summed E-state index contributed by atoms with van der Waals surface area (Å²) in [5.41, 5.74) is 7.93. The first-order valence-corrected chi connectivity index (χ1v) is 6.29. The number of nitrogen functional groups attached to an aromatic ring is 1. The van der Waals surface area contributed by atoms with E-state index in [2.05, 4.69) is 10.3 Å². The molecule has 0 aliphatic rings. The standard InChI is InChI=1S/C14H20N4O/c1-9(8-18(2)3)17-14(19)12-7-16-13-6-10(15)4-5-11(12)13/h4-7,9,16H,8,15H2,1-3H3,(H,17,19). The molecular formula is C14H20N4O. The number of nitrogens with two attached hydrogens (primary N) is 1. The maximum Gasteiger partial charge on any atom is 0.253 e. The van der Waals surface area contributed by atoms with Crippen molar-refractivity contribution in [3.8, 4) is 0 Å².